The van der Waals surface area contributed by atoms with Gasteiger partial charge in [-0.3, -0.25) is 0 Å². The maximum absolute atomic E-state index is 10.2. The summed E-state index contributed by atoms with van der Waals surface area (Å²) in [7, 11) is 4.51. The first-order chi connectivity index (χ1) is 12.1. The van der Waals surface area contributed by atoms with Gasteiger partial charge in [0.15, 0.2) is 17.3 Å². The number of phenolic OH excluding ortho intramolecular Hbond substituents is 1. The molecule has 0 aliphatic rings. The minimum atomic E-state index is -0.0616. The van der Waals surface area contributed by atoms with Crippen molar-refractivity contribution in [2.24, 2.45) is 0 Å². The Labute approximate surface area is 144 Å². The minimum Gasteiger partial charge on any atom is -0.504 e. The zero-order chi connectivity index (χ0) is 18.0. The fraction of sp³-hybridized carbons (Fsp3) is 0.167. The van der Waals surface area contributed by atoms with Crippen molar-refractivity contribution in [3.05, 3.63) is 36.5 Å². The first kappa shape index (κ1) is 16.5. The van der Waals surface area contributed by atoms with E-state index in [0.29, 0.717) is 28.5 Å². The molecule has 1 heterocycles. The van der Waals surface area contributed by atoms with E-state index in [0.717, 1.165) is 11.1 Å². The largest absolute Gasteiger partial charge is 0.504 e. The van der Waals surface area contributed by atoms with Crippen LogP contribution in [0.5, 0.6) is 23.0 Å². The number of ether oxygens (including phenoxy) is 3. The first-order valence-electron chi connectivity index (χ1n) is 7.43. The Bertz CT molecular complexity index is 904. The van der Waals surface area contributed by atoms with Gasteiger partial charge in [0.05, 0.1) is 33.2 Å². The molecule has 3 rings (SSSR count). The summed E-state index contributed by atoms with van der Waals surface area (Å²) in [4.78, 5) is 0. The number of nitrogens with two attached hydrogens (primary N) is 1. The van der Waals surface area contributed by atoms with Crippen molar-refractivity contribution < 1.29 is 23.8 Å². The summed E-state index contributed by atoms with van der Waals surface area (Å²) in [6.45, 7) is 0. The van der Waals surface area contributed by atoms with Gasteiger partial charge in [-0.25, -0.2) is 0 Å². The molecule has 7 heteroatoms. The lowest BCUT2D eigenvalue weighted by molar-refractivity contribution is 0.333. The van der Waals surface area contributed by atoms with E-state index in [9.17, 15) is 5.11 Å². The Kier molecular flexibility index (Phi) is 4.38. The van der Waals surface area contributed by atoms with E-state index in [1.165, 1.54) is 20.3 Å². The van der Waals surface area contributed by atoms with Crippen molar-refractivity contribution in [3.63, 3.8) is 0 Å². The highest BCUT2D eigenvalue weighted by molar-refractivity contribution is 5.83. The summed E-state index contributed by atoms with van der Waals surface area (Å²) in [6.07, 6.45) is 1.59. The SMILES string of the molecule is COc1ccc(-c2cnoc2-c2cc(O)c(OC)c(OC)c2)cc1N. The lowest BCUT2D eigenvalue weighted by Gasteiger charge is -2.11. The zero-order valence-corrected chi connectivity index (χ0v) is 14.1. The Morgan fingerprint density at radius 3 is 2.36 bits per heavy atom. The maximum atomic E-state index is 10.2. The van der Waals surface area contributed by atoms with Crippen LogP contribution in [0.2, 0.25) is 0 Å². The fourth-order valence-corrected chi connectivity index (χ4v) is 2.63. The van der Waals surface area contributed by atoms with Crippen LogP contribution in [0.4, 0.5) is 5.69 Å². The van der Waals surface area contributed by atoms with Gasteiger partial charge in [0.25, 0.3) is 0 Å². The van der Waals surface area contributed by atoms with Gasteiger partial charge in [-0.1, -0.05) is 11.2 Å². The maximum Gasteiger partial charge on any atom is 0.203 e. The highest BCUT2D eigenvalue weighted by atomic mass is 16.5. The van der Waals surface area contributed by atoms with E-state index in [-0.39, 0.29) is 11.5 Å². The van der Waals surface area contributed by atoms with Gasteiger partial charge in [-0.05, 0) is 29.8 Å². The highest BCUT2D eigenvalue weighted by Crippen LogP contribution is 2.43. The van der Waals surface area contributed by atoms with Gasteiger partial charge in [0.1, 0.15) is 5.75 Å². The molecule has 0 amide bonds. The zero-order valence-electron chi connectivity index (χ0n) is 14.1. The third-order valence-corrected chi connectivity index (χ3v) is 3.83. The van der Waals surface area contributed by atoms with Crippen LogP contribution in [-0.2, 0) is 0 Å². The summed E-state index contributed by atoms with van der Waals surface area (Å²) in [6, 6.07) is 8.63. The number of phenols is 1. The molecule has 0 bridgehead atoms. The summed E-state index contributed by atoms with van der Waals surface area (Å²) in [5, 5.41) is 14.0. The lowest BCUT2D eigenvalue weighted by atomic mass is 10.0. The molecule has 0 unspecified atom stereocenters. The molecule has 0 aliphatic carbocycles. The smallest absolute Gasteiger partial charge is 0.203 e. The van der Waals surface area contributed by atoms with Crippen molar-refractivity contribution in [2.75, 3.05) is 27.1 Å². The second-order valence-electron chi connectivity index (χ2n) is 5.26. The number of hydrogen-bond donors (Lipinski definition) is 2. The fourth-order valence-electron chi connectivity index (χ4n) is 2.63. The monoisotopic (exact) mass is 342 g/mol. The Hall–Kier alpha value is -3.35. The Balaban J connectivity index is 2.11. The Morgan fingerprint density at radius 1 is 0.960 bits per heavy atom. The molecule has 25 heavy (non-hydrogen) atoms. The summed E-state index contributed by atoms with van der Waals surface area (Å²) >= 11 is 0. The van der Waals surface area contributed by atoms with Crippen LogP contribution in [-0.4, -0.2) is 31.6 Å². The molecule has 2 aromatic carbocycles. The topological polar surface area (TPSA) is 100.0 Å². The van der Waals surface area contributed by atoms with Crippen molar-refractivity contribution >= 4 is 5.69 Å². The molecule has 0 saturated heterocycles. The van der Waals surface area contributed by atoms with Crippen LogP contribution >= 0.6 is 0 Å². The van der Waals surface area contributed by atoms with Crippen LogP contribution in [0.3, 0.4) is 0 Å². The van der Waals surface area contributed by atoms with Crippen LogP contribution in [0.15, 0.2) is 41.1 Å². The number of nitrogens with zero attached hydrogens (tertiary/aromatic N) is 1. The molecular formula is C18H18N2O5. The molecule has 0 radical (unpaired) electrons. The van der Waals surface area contributed by atoms with Crippen molar-refractivity contribution in [2.45, 2.75) is 0 Å². The summed E-state index contributed by atoms with van der Waals surface area (Å²) in [5.41, 5.74) is 8.61. The number of rotatable bonds is 5. The van der Waals surface area contributed by atoms with Crippen LogP contribution < -0.4 is 19.9 Å². The molecule has 0 fully saturated rings. The third kappa shape index (κ3) is 2.91. The van der Waals surface area contributed by atoms with Gasteiger partial charge in [0.2, 0.25) is 5.75 Å². The minimum absolute atomic E-state index is 0.0616. The van der Waals surface area contributed by atoms with Gasteiger partial charge in [-0.2, -0.15) is 0 Å². The molecule has 0 spiro atoms. The molecule has 0 aliphatic heterocycles. The molecule has 3 N–H and O–H groups in total. The normalized spacial score (nSPS) is 10.5. The summed E-state index contributed by atoms with van der Waals surface area (Å²) in [5.74, 6) is 1.63. The quantitative estimate of drug-likeness (QED) is 0.686. The summed E-state index contributed by atoms with van der Waals surface area (Å²) < 4.78 is 21.0. The number of hydrogen-bond acceptors (Lipinski definition) is 7. The molecular weight excluding hydrogens is 324 g/mol. The van der Waals surface area contributed by atoms with Gasteiger partial charge < -0.3 is 29.6 Å². The number of aromatic nitrogens is 1. The Morgan fingerprint density at radius 2 is 1.72 bits per heavy atom. The predicted octanol–water partition coefficient (Wildman–Crippen LogP) is 3.32. The number of anilines is 1. The molecule has 1 aromatic heterocycles. The number of methoxy groups -OCH3 is 3. The van der Waals surface area contributed by atoms with Crippen molar-refractivity contribution in [1.29, 1.82) is 0 Å². The molecule has 0 atom stereocenters. The second kappa shape index (κ2) is 6.64. The van der Waals surface area contributed by atoms with E-state index in [1.54, 1.807) is 31.5 Å². The highest BCUT2D eigenvalue weighted by Gasteiger charge is 2.19. The predicted molar refractivity (Wildman–Crippen MR) is 93.1 cm³/mol. The molecule has 7 nitrogen and oxygen atoms in total. The van der Waals surface area contributed by atoms with Crippen LogP contribution in [0, 0.1) is 0 Å². The van der Waals surface area contributed by atoms with Crippen molar-refractivity contribution in [3.8, 4) is 45.4 Å². The first-order valence-corrected chi connectivity index (χ1v) is 7.43. The number of benzene rings is 2. The molecule has 0 saturated carbocycles. The van der Waals surface area contributed by atoms with Gasteiger partial charge in [-0.15, -0.1) is 0 Å². The van der Waals surface area contributed by atoms with Crippen LogP contribution in [0.1, 0.15) is 0 Å². The van der Waals surface area contributed by atoms with Gasteiger partial charge >= 0.3 is 0 Å². The number of nitrogen functional groups attached to an aromatic ring is 1. The number of aromatic hydroxyl groups is 1. The van der Waals surface area contributed by atoms with Crippen molar-refractivity contribution in [1.82, 2.24) is 5.16 Å². The molecule has 130 valence electrons. The standard InChI is InChI=1S/C18H18N2O5/c1-22-15-5-4-10(6-13(15)19)12-9-20-25-17(12)11-7-14(21)18(24-3)16(8-11)23-2/h4-9,21H,19H2,1-3H3. The molecule has 3 aromatic rings. The van der Waals surface area contributed by atoms with E-state index in [4.69, 9.17) is 24.5 Å². The average molecular weight is 342 g/mol. The van der Waals surface area contributed by atoms with E-state index < -0.39 is 0 Å². The van der Waals surface area contributed by atoms with E-state index in [2.05, 4.69) is 5.16 Å². The van der Waals surface area contributed by atoms with Crippen LogP contribution in [0.25, 0.3) is 22.5 Å². The lowest BCUT2D eigenvalue weighted by Crippen LogP contribution is -1.93. The van der Waals surface area contributed by atoms with E-state index in [1.807, 2.05) is 6.07 Å². The average Bonchev–Trinajstić information content (AvgIpc) is 3.10. The van der Waals surface area contributed by atoms with E-state index >= 15 is 0 Å². The second-order valence-corrected chi connectivity index (χ2v) is 5.26. The third-order valence-electron chi connectivity index (χ3n) is 3.83. The van der Waals surface area contributed by atoms with Gasteiger partial charge in [0, 0.05) is 11.1 Å².